The fraction of sp³-hybridized carbons (Fsp3) is 0.303. The maximum Gasteiger partial charge on any atom is 0.267 e. The first kappa shape index (κ1) is 87.7. The van der Waals surface area contributed by atoms with Crippen molar-refractivity contribution in [3.63, 3.8) is 0 Å². The van der Waals surface area contributed by atoms with Gasteiger partial charge < -0.3 is 26.4 Å². The Morgan fingerprint density at radius 1 is 0.424 bits per heavy atom. The number of aliphatic hydroxyl groups excluding tert-OH is 1. The number of benzene rings is 7. The van der Waals surface area contributed by atoms with Crippen molar-refractivity contribution in [3.8, 4) is 0 Å². The molecule has 0 saturated heterocycles. The van der Waals surface area contributed by atoms with E-state index < -0.39 is 9.84 Å². The molecular weight excluding hydrogens is 1680 g/mol. The number of guanidine groups is 4. The van der Waals surface area contributed by atoms with Crippen LogP contribution in [0.4, 0.5) is 69.3 Å². The van der Waals surface area contributed by atoms with Gasteiger partial charge in [-0.25, -0.2) is 47.1 Å². The zero-order valence-corrected chi connectivity index (χ0v) is 75.7. The van der Waals surface area contributed by atoms with Crippen molar-refractivity contribution in [1.82, 2.24) is 63.7 Å². The molecule has 132 heavy (non-hydrogen) atoms. The van der Waals surface area contributed by atoms with Crippen LogP contribution in [0, 0.1) is 13.8 Å². The lowest BCUT2D eigenvalue weighted by Crippen LogP contribution is -2.51. The molecule has 13 heterocycles. The lowest BCUT2D eigenvalue weighted by Gasteiger charge is -2.34. The highest BCUT2D eigenvalue weighted by Crippen LogP contribution is 2.47. The zero-order valence-electron chi connectivity index (χ0n) is 74.9. The Balaban J connectivity index is 0.000000118. The van der Waals surface area contributed by atoms with Gasteiger partial charge in [0.25, 0.3) is 23.6 Å². The van der Waals surface area contributed by atoms with Crippen molar-refractivity contribution < 1.29 is 32.7 Å². The standard InChI is InChI=1S/C26H26N6O2.C25H26N6O3S.C24H26N6O.C23H25N7O.CH4/c1-16(33)18-13-11-17(12-14-18)15-31-23(27-19-7-4-3-5-8-19)22-24(29-31)32-21-10-6-9-20(21)28-26(32)30(2)25(22)34;1-29-24(32)21-22(26-17-7-4-3-5-8-17)30(15-16-11-13-18(14-12-16)35(2,33)34)28-23(21)31-20-10-6-9-19(20)27-25(29)31;1-16-10-12-18(13-11-16)25-20-19-21(27-30(20)14-17-8-6-5-7-9-17)29-15-24(2,3)26-23(29)28(4)22(19)31;1-15-7-9-17(10-8-15)25-19-18-20(27-30(19)13-16-6-5-11-24-12-16)29-14-23(2,3)26-22(29)28(4)21(18)31;/h3-5,7-8,11-14,20-21,27,33H,1,6,9-10,15H2,2H3;3-5,7-8,11-14,19-20,26H,6,9-10,15H2,1-2H3;5-13,25H,14-15H2,1-4H3;5-12,25H,13-14H2,1-4H3;1H4/t20-,21+;19-,20+;;;/m11.../s1. The van der Waals surface area contributed by atoms with Gasteiger partial charge in [0, 0.05) is 75.2 Å². The topological polar surface area (TPSA) is 330 Å². The fourth-order valence-corrected chi connectivity index (χ4v) is 19.2. The minimum atomic E-state index is -3.28. The molecule has 32 nitrogen and oxygen atoms in total. The van der Waals surface area contributed by atoms with Gasteiger partial charge in [0.05, 0.1) is 79.4 Å². The van der Waals surface area contributed by atoms with Crippen molar-refractivity contribution >= 4 is 132 Å². The molecular formula is C99H107N25O7S. The Labute approximate surface area is 767 Å². The molecule has 0 radical (unpaired) electrons. The Bertz CT molecular complexity index is 6540. The Kier molecular flexibility index (Phi) is 23.1. The summed E-state index contributed by atoms with van der Waals surface area (Å²) in [5, 5.41) is 43.1. The van der Waals surface area contributed by atoms with Gasteiger partial charge in [0.15, 0.2) is 33.1 Å². The fourth-order valence-electron chi connectivity index (χ4n) is 18.5. The second-order valence-corrected chi connectivity index (χ2v) is 38.0. The third kappa shape index (κ3) is 16.7. The van der Waals surface area contributed by atoms with E-state index in [1.165, 1.54) is 17.4 Å². The summed E-state index contributed by atoms with van der Waals surface area (Å²) < 4.78 is 31.1. The molecule has 2 aliphatic carbocycles. The summed E-state index contributed by atoms with van der Waals surface area (Å²) in [6, 6.07) is 65.0. The number of aromatic nitrogens is 9. The summed E-state index contributed by atoms with van der Waals surface area (Å²) in [6.07, 6.45) is 11.1. The molecule has 0 unspecified atom stereocenters. The van der Waals surface area contributed by atoms with E-state index in [0.29, 0.717) is 137 Å². The third-order valence-electron chi connectivity index (χ3n) is 25.1. The van der Waals surface area contributed by atoms with Crippen molar-refractivity contribution in [2.75, 3.05) is 88.4 Å². The predicted molar refractivity (Wildman–Crippen MR) is 518 cm³/mol. The highest BCUT2D eigenvalue weighted by Gasteiger charge is 2.53. The van der Waals surface area contributed by atoms with Gasteiger partial charge in [-0.3, -0.25) is 63.4 Å². The van der Waals surface area contributed by atoms with Gasteiger partial charge in [-0.05, 0) is 169 Å². The first-order valence-electron chi connectivity index (χ1n) is 44.0. The maximum absolute atomic E-state index is 13.6. The first-order valence-corrected chi connectivity index (χ1v) is 45.9. The quantitative estimate of drug-likeness (QED) is 0.0498. The Morgan fingerprint density at radius 3 is 1.13 bits per heavy atom. The highest BCUT2D eigenvalue weighted by atomic mass is 32.2. The summed E-state index contributed by atoms with van der Waals surface area (Å²) in [5.41, 5.74) is 12.2. The number of anilines is 12. The number of fused-ring (bicyclic) bond motifs is 16. The van der Waals surface area contributed by atoms with E-state index in [-0.39, 0.29) is 77.0 Å². The number of sulfone groups is 1. The number of aliphatic imine (C=N–C) groups is 4. The Morgan fingerprint density at radius 2 is 0.758 bits per heavy atom. The molecule has 2 saturated carbocycles. The number of carbonyl (C=O) groups is 4. The van der Waals surface area contributed by atoms with E-state index in [4.69, 9.17) is 40.4 Å². The van der Waals surface area contributed by atoms with E-state index in [1.54, 1.807) is 82.9 Å². The molecule has 676 valence electrons. The molecule has 5 aromatic heterocycles. The van der Waals surface area contributed by atoms with Crippen LogP contribution in [-0.4, -0.2) is 207 Å². The van der Waals surface area contributed by atoms with E-state index in [9.17, 15) is 32.7 Å². The Hall–Kier alpha value is -15.0. The maximum atomic E-state index is 13.6. The minimum absolute atomic E-state index is 0. The number of aliphatic hydroxyl groups is 1. The van der Waals surface area contributed by atoms with Crippen LogP contribution in [0.25, 0.3) is 5.76 Å². The number of carbonyl (C=O) groups excluding carboxylic acids is 4. The smallest absolute Gasteiger partial charge is 0.267 e. The number of aryl methyl sites for hydroxylation is 2. The van der Waals surface area contributed by atoms with Gasteiger partial charge in [0.1, 0.15) is 51.3 Å². The number of nitrogens with zero attached hydrogens (tertiary/aromatic N) is 21. The van der Waals surface area contributed by atoms with Crippen molar-refractivity contribution in [2.45, 2.75) is 154 Å². The summed E-state index contributed by atoms with van der Waals surface area (Å²) in [7, 11) is 3.83. The highest BCUT2D eigenvalue weighted by molar-refractivity contribution is 7.90. The van der Waals surface area contributed by atoms with Gasteiger partial charge in [-0.1, -0.05) is 159 Å². The number of para-hydroxylation sites is 2. The first-order chi connectivity index (χ1) is 63.0. The van der Waals surface area contributed by atoms with E-state index in [0.717, 1.165) is 83.5 Å². The summed E-state index contributed by atoms with van der Waals surface area (Å²) in [5.74, 6) is 7.50. The van der Waals surface area contributed by atoms with E-state index >= 15 is 0 Å². The van der Waals surface area contributed by atoms with E-state index in [1.807, 2.05) is 196 Å². The summed E-state index contributed by atoms with van der Waals surface area (Å²) >= 11 is 0. The molecule has 10 aliphatic rings. The second kappa shape index (κ2) is 34.8. The van der Waals surface area contributed by atoms with Crippen molar-refractivity contribution in [2.24, 2.45) is 20.0 Å². The van der Waals surface area contributed by atoms with Crippen molar-refractivity contribution in [1.29, 1.82) is 0 Å². The van der Waals surface area contributed by atoms with Gasteiger partial charge >= 0.3 is 0 Å². The van der Waals surface area contributed by atoms with Crippen LogP contribution in [0.3, 0.4) is 0 Å². The monoisotopic (exact) mass is 1790 g/mol. The average molecular weight is 1790 g/mol. The number of hydrogen-bond donors (Lipinski definition) is 5. The van der Waals surface area contributed by atoms with Crippen LogP contribution in [0.15, 0.2) is 244 Å². The molecule has 4 amide bonds. The van der Waals surface area contributed by atoms with Gasteiger partial charge in [0.2, 0.25) is 23.8 Å². The lowest BCUT2D eigenvalue weighted by molar-refractivity contribution is 0.0857. The molecule has 5 N–H and O–H groups in total. The number of amides is 4. The van der Waals surface area contributed by atoms with Crippen LogP contribution in [0.1, 0.15) is 154 Å². The van der Waals surface area contributed by atoms with Crippen LogP contribution < -0.4 is 40.9 Å². The largest absolute Gasteiger partial charge is 0.508 e. The third-order valence-corrected chi connectivity index (χ3v) is 26.3. The average Bonchev–Trinajstić information content (AvgIpc) is 1.56. The van der Waals surface area contributed by atoms with Crippen molar-refractivity contribution in [3.05, 3.63) is 280 Å². The second-order valence-electron chi connectivity index (χ2n) is 36.0. The number of hydrogen-bond acceptors (Lipinski definition) is 24. The SMILES string of the molecule is C.C=C(O)c1ccc(Cn2nc3c(c2Nc2ccccc2)C(=O)N(C)C2=N[C@@H]4CCC[C@@H]4N23)cc1.CN1C(=O)c2c(nn(Cc3ccc(S(C)(=O)=O)cc3)c2Nc2ccccc2)N2C1=N[C@@H]1CCC[C@@H]12.Cc1ccc(Nc2c3c(nn2Cc2ccccc2)N2CC(C)(C)N=C2N(C)C3=O)cc1.Cc1ccc(Nc2c3c(nn2Cc2cccnc2)N2CC(C)(C)N=C2N(C)C3=O)cc1. The lowest BCUT2D eigenvalue weighted by atomic mass is 10.1. The minimum Gasteiger partial charge on any atom is -0.508 e. The van der Waals surface area contributed by atoms with Crippen LogP contribution >= 0.6 is 0 Å². The normalized spacial score (nSPS) is 18.8. The molecule has 4 atom stereocenters. The van der Waals surface area contributed by atoms with Gasteiger partial charge in [-0.15, -0.1) is 0 Å². The van der Waals surface area contributed by atoms with Crippen LogP contribution in [0.5, 0.6) is 0 Å². The molecule has 7 aromatic carbocycles. The zero-order chi connectivity index (χ0) is 91.2. The molecule has 2 fully saturated rings. The number of nitrogens with one attached hydrogen (secondary N) is 4. The summed E-state index contributed by atoms with van der Waals surface area (Å²) in [6.45, 7) is 19.2. The molecule has 22 rings (SSSR count). The predicted octanol–water partition coefficient (Wildman–Crippen LogP) is 15.7. The number of pyridine rings is 1. The van der Waals surface area contributed by atoms with Crippen LogP contribution in [-0.2, 0) is 36.0 Å². The van der Waals surface area contributed by atoms with Gasteiger partial charge in [-0.2, -0.15) is 20.4 Å². The summed E-state index contributed by atoms with van der Waals surface area (Å²) in [4.78, 5) is 92.7. The molecule has 0 spiro atoms. The molecule has 0 bridgehead atoms. The number of rotatable bonds is 18. The van der Waals surface area contributed by atoms with Crippen LogP contribution in [0.2, 0.25) is 0 Å². The molecule has 33 heteroatoms. The van der Waals surface area contributed by atoms with E-state index in [2.05, 4.69) is 94.3 Å². The molecule has 12 aromatic rings. The molecule has 8 aliphatic heterocycles.